The first-order valence-corrected chi connectivity index (χ1v) is 7.12. The average molecular weight is 315 g/mol. The molecule has 1 fully saturated rings. The van der Waals surface area contributed by atoms with Crippen LogP contribution in [0.4, 0.5) is 0 Å². The Labute approximate surface area is 128 Å². The fraction of sp³-hybridized carbons (Fsp3) is 0.533. The molecule has 0 radical (unpaired) electrons. The van der Waals surface area contributed by atoms with Crippen molar-refractivity contribution in [3.63, 3.8) is 0 Å². The molecule has 0 bridgehead atoms. The molecule has 0 aliphatic heterocycles. The number of hydrogen-bond donors (Lipinski definition) is 1. The molecule has 21 heavy (non-hydrogen) atoms. The van der Waals surface area contributed by atoms with Gasteiger partial charge in [-0.2, -0.15) is 0 Å². The second-order valence-electron chi connectivity index (χ2n) is 5.10. The Balaban J connectivity index is 2.78. The minimum atomic E-state index is -1.05. The third-order valence-corrected chi connectivity index (χ3v) is 4.51. The molecule has 6 heteroatoms. The summed E-state index contributed by atoms with van der Waals surface area (Å²) in [6, 6.07) is 1.61. The zero-order chi connectivity index (χ0) is 15.6. The van der Waals surface area contributed by atoms with Crippen LogP contribution in [0.2, 0.25) is 5.02 Å². The molecule has 2 rings (SSSR count). The van der Waals surface area contributed by atoms with Gasteiger partial charge in [0.2, 0.25) is 0 Å². The molecule has 1 saturated carbocycles. The minimum Gasteiger partial charge on any atom is -0.495 e. The summed E-state index contributed by atoms with van der Waals surface area (Å²) in [6.45, 7) is 0. The van der Waals surface area contributed by atoms with E-state index in [0.29, 0.717) is 35.7 Å². The van der Waals surface area contributed by atoms with Crippen LogP contribution in [0.15, 0.2) is 6.07 Å². The van der Waals surface area contributed by atoms with Gasteiger partial charge < -0.3 is 19.3 Å². The van der Waals surface area contributed by atoms with Crippen molar-refractivity contribution < 1.29 is 24.1 Å². The van der Waals surface area contributed by atoms with Crippen molar-refractivity contribution in [1.29, 1.82) is 0 Å². The molecule has 0 atom stereocenters. The highest BCUT2D eigenvalue weighted by Gasteiger charge is 2.47. The van der Waals surface area contributed by atoms with Crippen LogP contribution in [0, 0.1) is 0 Å². The lowest BCUT2D eigenvalue weighted by Crippen LogP contribution is -2.33. The van der Waals surface area contributed by atoms with E-state index in [1.165, 1.54) is 21.3 Å². The lowest BCUT2D eigenvalue weighted by atomic mass is 9.78. The van der Waals surface area contributed by atoms with E-state index in [4.69, 9.17) is 25.8 Å². The Kier molecular flexibility index (Phi) is 4.52. The van der Waals surface area contributed by atoms with Gasteiger partial charge in [-0.15, -0.1) is 0 Å². The molecule has 1 aromatic rings. The second kappa shape index (κ2) is 6.02. The average Bonchev–Trinajstić information content (AvgIpc) is 2.97. The number of ether oxygens (including phenoxy) is 3. The molecule has 0 aromatic heterocycles. The van der Waals surface area contributed by atoms with Crippen LogP contribution >= 0.6 is 11.6 Å². The van der Waals surface area contributed by atoms with Gasteiger partial charge in [0.1, 0.15) is 5.75 Å². The van der Waals surface area contributed by atoms with Crippen LogP contribution in [-0.2, 0) is 10.2 Å². The predicted octanol–water partition coefficient (Wildman–Crippen LogP) is 3.26. The van der Waals surface area contributed by atoms with Crippen LogP contribution in [0.3, 0.4) is 0 Å². The number of hydrogen-bond acceptors (Lipinski definition) is 4. The number of carbonyl (C=O) groups is 1. The molecule has 1 aromatic carbocycles. The van der Waals surface area contributed by atoms with Gasteiger partial charge in [0.05, 0.1) is 31.8 Å². The monoisotopic (exact) mass is 314 g/mol. The number of rotatable bonds is 5. The standard InChI is InChI=1S/C15H19ClO5/c1-19-9-8-10(20-2)13(21-3)11(12(9)16)15(14(17)18)6-4-5-7-15/h8H,4-7H2,1-3H3,(H,17,18). The van der Waals surface area contributed by atoms with Crippen LogP contribution in [-0.4, -0.2) is 32.4 Å². The maximum Gasteiger partial charge on any atom is 0.314 e. The largest absolute Gasteiger partial charge is 0.495 e. The topological polar surface area (TPSA) is 65.0 Å². The fourth-order valence-electron chi connectivity index (χ4n) is 3.07. The maximum absolute atomic E-state index is 11.9. The van der Waals surface area contributed by atoms with E-state index >= 15 is 0 Å². The summed E-state index contributed by atoms with van der Waals surface area (Å²) < 4.78 is 16.0. The summed E-state index contributed by atoms with van der Waals surface area (Å²) in [4.78, 5) is 11.9. The second-order valence-corrected chi connectivity index (χ2v) is 5.48. The number of methoxy groups -OCH3 is 3. The summed E-state index contributed by atoms with van der Waals surface area (Å²) >= 11 is 6.41. The van der Waals surface area contributed by atoms with E-state index in [1.807, 2.05) is 0 Å². The molecular weight excluding hydrogens is 296 g/mol. The summed E-state index contributed by atoms with van der Waals surface area (Å²) in [6.07, 6.45) is 2.72. The van der Waals surface area contributed by atoms with E-state index in [0.717, 1.165) is 12.8 Å². The quantitative estimate of drug-likeness (QED) is 0.903. The van der Waals surface area contributed by atoms with Gasteiger partial charge in [-0.05, 0) is 12.8 Å². The van der Waals surface area contributed by atoms with Gasteiger partial charge in [0.15, 0.2) is 11.5 Å². The molecule has 1 N–H and O–H groups in total. The van der Waals surface area contributed by atoms with Gasteiger partial charge in [0, 0.05) is 11.6 Å². The highest BCUT2D eigenvalue weighted by molar-refractivity contribution is 6.33. The first kappa shape index (κ1) is 15.8. The first-order chi connectivity index (χ1) is 10.0. The fourth-order valence-corrected chi connectivity index (χ4v) is 3.47. The third kappa shape index (κ3) is 2.39. The Morgan fingerprint density at radius 1 is 1.14 bits per heavy atom. The van der Waals surface area contributed by atoms with Gasteiger partial charge in [-0.1, -0.05) is 24.4 Å². The highest BCUT2D eigenvalue weighted by Crippen LogP contribution is 2.53. The molecule has 0 saturated heterocycles. The van der Waals surface area contributed by atoms with Crippen molar-refractivity contribution in [2.45, 2.75) is 31.1 Å². The lowest BCUT2D eigenvalue weighted by molar-refractivity contribution is -0.143. The van der Waals surface area contributed by atoms with Crippen molar-refractivity contribution in [2.75, 3.05) is 21.3 Å². The van der Waals surface area contributed by atoms with E-state index in [1.54, 1.807) is 6.07 Å². The van der Waals surface area contributed by atoms with Crippen molar-refractivity contribution in [3.05, 3.63) is 16.7 Å². The van der Waals surface area contributed by atoms with Crippen LogP contribution in [0.5, 0.6) is 17.2 Å². The van der Waals surface area contributed by atoms with Crippen molar-refractivity contribution in [1.82, 2.24) is 0 Å². The normalized spacial score (nSPS) is 16.6. The van der Waals surface area contributed by atoms with Crippen molar-refractivity contribution in [3.8, 4) is 17.2 Å². The van der Waals surface area contributed by atoms with E-state index in [-0.39, 0.29) is 5.02 Å². The molecule has 1 aliphatic carbocycles. The van der Waals surface area contributed by atoms with Crippen LogP contribution in [0.1, 0.15) is 31.2 Å². The van der Waals surface area contributed by atoms with Gasteiger partial charge >= 0.3 is 5.97 Å². The van der Waals surface area contributed by atoms with Crippen LogP contribution < -0.4 is 14.2 Å². The number of carboxylic acid groups (broad SMARTS) is 1. The molecule has 0 heterocycles. The number of halogens is 1. The number of benzene rings is 1. The Morgan fingerprint density at radius 3 is 2.14 bits per heavy atom. The lowest BCUT2D eigenvalue weighted by Gasteiger charge is -2.29. The molecule has 0 spiro atoms. The number of aliphatic carboxylic acids is 1. The zero-order valence-corrected chi connectivity index (χ0v) is 13.1. The smallest absolute Gasteiger partial charge is 0.314 e. The maximum atomic E-state index is 11.9. The van der Waals surface area contributed by atoms with Crippen molar-refractivity contribution in [2.24, 2.45) is 0 Å². The molecule has 116 valence electrons. The number of carboxylic acids is 1. The predicted molar refractivity (Wildman–Crippen MR) is 78.9 cm³/mol. The Hall–Kier alpha value is -1.62. The SMILES string of the molecule is COc1cc(OC)c(OC)c(C2(C(=O)O)CCCC2)c1Cl. The molecule has 5 nitrogen and oxygen atoms in total. The Morgan fingerprint density at radius 2 is 1.71 bits per heavy atom. The van der Waals surface area contributed by atoms with E-state index < -0.39 is 11.4 Å². The molecule has 0 unspecified atom stereocenters. The van der Waals surface area contributed by atoms with Crippen LogP contribution in [0.25, 0.3) is 0 Å². The highest BCUT2D eigenvalue weighted by atomic mass is 35.5. The summed E-state index contributed by atoms with van der Waals surface area (Å²) in [5.74, 6) is 0.279. The molecule has 1 aliphatic rings. The molecule has 0 amide bonds. The Bertz CT molecular complexity index is 549. The zero-order valence-electron chi connectivity index (χ0n) is 12.4. The summed E-state index contributed by atoms with van der Waals surface area (Å²) in [7, 11) is 4.46. The van der Waals surface area contributed by atoms with E-state index in [2.05, 4.69) is 0 Å². The van der Waals surface area contributed by atoms with Gasteiger partial charge in [-0.25, -0.2) is 0 Å². The first-order valence-electron chi connectivity index (χ1n) is 6.74. The van der Waals surface area contributed by atoms with Gasteiger partial charge in [-0.3, -0.25) is 4.79 Å². The third-order valence-electron chi connectivity index (χ3n) is 4.14. The molecular formula is C15H19ClO5. The minimum absolute atomic E-state index is 0.277. The summed E-state index contributed by atoms with van der Waals surface area (Å²) in [5.41, 5.74) is -0.600. The van der Waals surface area contributed by atoms with E-state index in [9.17, 15) is 9.90 Å². The summed E-state index contributed by atoms with van der Waals surface area (Å²) in [5, 5.41) is 10.1. The van der Waals surface area contributed by atoms with Gasteiger partial charge in [0.25, 0.3) is 0 Å². The van der Waals surface area contributed by atoms with Crippen molar-refractivity contribution >= 4 is 17.6 Å².